The average Bonchev–Trinajstić information content (AvgIpc) is 3.02. The van der Waals surface area contributed by atoms with Gasteiger partial charge in [-0.3, -0.25) is 4.79 Å². The molecule has 1 aromatic heterocycles. The highest BCUT2D eigenvalue weighted by atomic mass is 19.1. The molecule has 1 atom stereocenters. The number of oxazole rings is 1. The van der Waals surface area contributed by atoms with Crippen LogP contribution >= 0.6 is 0 Å². The van der Waals surface area contributed by atoms with Crippen molar-refractivity contribution >= 4 is 5.91 Å². The maximum absolute atomic E-state index is 12.9. The molecule has 0 bridgehead atoms. The number of carbonyl (C=O) groups excluding carboxylic acids is 1. The quantitative estimate of drug-likeness (QED) is 0.778. The van der Waals surface area contributed by atoms with Crippen LogP contribution in [0.4, 0.5) is 4.39 Å². The van der Waals surface area contributed by atoms with Gasteiger partial charge in [-0.1, -0.05) is 13.8 Å². The zero-order valence-corrected chi connectivity index (χ0v) is 14.0. The van der Waals surface area contributed by atoms with E-state index in [1.54, 1.807) is 18.3 Å². The van der Waals surface area contributed by atoms with Crippen LogP contribution in [0.25, 0.3) is 11.3 Å². The monoisotopic (exact) mass is 334 g/mol. The van der Waals surface area contributed by atoms with Crippen molar-refractivity contribution in [1.82, 2.24) is 10.3 Å². The third-order valence-electron chi connectivity index (χ3n) is 3.84. The van der Waals surface area contributed by atoms with E-state index >= 15 is 0 Å². The third-order valence-corrected chi connectivity index (χ3v) is 3.84. The van der Waals surface area contributed by atoms with Crippen LogP contribution in [0.5, 0.6) is 0 Å². The molecular weight excluding hydrogens is 311 g/mol. The van der Waals surface area contributed by atoms with Gasteiger partial charge in [0.05, 0.1) is 6.20 Å². The fourth-order valence-electron chi connectivity index (χ4n) is 2.38. The van der Waals surface area contributed by atoms with E-state index in [-0.39, 0.29) is 36.7 Å². The Bertz CT molecular complexity index is 653. The summed E-state index contributed by atoms with van der Waals surface area (Å²) in [6.07, 6.45) is 2.76. The highest BCUT2D eigenvalue weighted by Gasteiger charge is 2.16. The Hall–Kier alpha value is -2.21. The van der Waals surface area contributed by atoms with E-state index in [9.17, 15) is 9.18 Å². The molecule has 2 N–H and O–H groups in total. The molecule has 1 heterocycles. The molecule has 1 unspecified atom stereocenters. The van der Waals surface area contributed by atoms with Crippen molar-refractivity contribution in [3.05, 3.63) is 42.2 Å². The molecule has 0 fully saturated rings. The standard InChI is InChI=1S/C18H23FN2O3/c1-12(2)15(9-10-22)21-17(23)7-8-18-20-11-16(24-18)13-3-5-14(19)6-4-13/h3-6,11-12,15,22H,7-10H2,1-2H3,(H,21,23). The third kappa shape index (κ3) is 5.16. The molecule has 0 aliphatic heterocycles. The number of benzene rings is 1. The van der Waals surface area contributed by atoms with Crippen molar-refractivity contribution in [2.75, 3.05) is 6.61 Å². The van der Waals surface area contributed by atoms with E-state index in [1.165, 1.54) is 12.1 Å². The number of rotatable bonds is 8. The van der Waals surface area contributed by atoms with Crippen molar-refractivity contribution in [3.63, 3.8) is 0 Å². The highest BCUT2D eigenvalue weighted by Crippen LogP contribution is 2.21. The van der Waals surface area contributed by atoms with Crippen LogP contribution in [0.1, 0.15) is 32.6 Å². The van der Waals surface area contributed by atoms with Gasteiger partial charge < -0.3 is 14.8 Å². The molecule has 0 aliphatic carbocycles. The summed E-state index contributed by atoms with van der Waals surface area (Å²) in [7, 11) is 0. The Morgan fingerprint density at radius 2 is 2.04 bits per heavy atom. The second kappa shape index (κ2) is 8.59. The van der Waals surface area contributed by atoms with E-state index in [4.69, 9.17) is 9.52 Å². The normalized spacial score (nSPS) is 12.4. The number of aliphatic hydroxyl groups excluding tert-OH is 1. The minimum Gasteiger partial charge on any atom is -0.441 e. The molecule has 0 aliphatic rings. The smallest absolute Gasteiger partial charge is 0.220 e. The van der Waals surface area contributed by atoms with Gasteiger partial charge in [0.25, 0.3) is 0 Å². The molecule has 5 nitrogen and oxygen atoms in total. The van der Waals surface area contributed by atoms with Gasteiger partial charge in [0.1, 0.15) is 5.82 Å². The molecule has 6 heteroatoms. The first-order chi connectivity index (χ1) is 11.5. The Morgan fingerprint density at radius 1 is 1.33 bits per heavy atom. The topological polar surface area (TPSA) is 75.4 Å². The Kier molecular flexibility index (Phi) is 6.49. The second-order valence-electron chi connectivity index (χ2n) is 6.06. The summed E-state index contributed by atoms with van der Waals surface area (Å²) >= 11 is 0. The van der Waals surface area contributed by atoms with E-state index in [0.29, 0.717) is 24.5 Å². The number of nitrogens with one attached hydrogen (secondary N) is 1. The van der Waals surface area contributed by atoms with Crippen LogP contribution in [0.2, 0.25) is 0 Å². The Morgan fingerprint density at radius 3 is 2.67 bits per heavy atom. The largest absolute Gasteiger partial charge is 0.441 e. The van der Waals surface area contributed by atoms with Crippen LogP contribution in [0.15, 0.2) is 34.9 Å². The van der Waals surface area contributed by atoms with E-state index in [2.05, 4.69) is 10.3 Å². The van der Waals surface area contributed by atoms with Gasteiger partial charge in [0.2, 0.25) is 5.91 Å². The molecular formula is C18H23FN2O3. The van der Waals surface area contributed by atoms with Crippen molar-refractivity contribution in [3.8, 4) is 11.3 Å². The predicted octanol–water partition coefficient (Wildman–Crippen LogP) is 2.94. The maximum atomic E-state index is 12.9. The molecule has 0 spiro atoms. The number of carbonyl (C=O) groups is 1. The van der Waals surface area contributed by atoms with Gasteiger partial charge in [-0.25, -0.2) is 9.37 Å². The molecule has 24 heavy (non-hydrogen) atoms. The Balaban J connectivity index is 1.88. The van der Waals surface area contributed by atoms with Crippen molar-refractivity contribution in [1.29, 1.82) is 0 Å². The van der Waals surface area contributed by atoms with Gasteiger partial charge in [0, 0.05) is 31.1 Å². The molecule has 0 saturated heterocycles. The van der Waals surface area contributed by atoms with Crippen LogP contribution in [-0.2, 0) is 11.2 Å². The summed E-state index contributed by atoms with van der Waals surface area (Å²) in [6.45, 7) is 4.05. The summed E-state index contributed by atoms with van der Waals surface area (Å²) in [5.41, 5.74) is 0.738. The lowest BCUT2D eigenvalue weighted by Gasteiger charge is -2.21. The molecule has 1 aromatic carbocycles. The van der Waals surface area contributed by atoms with Crippen LogP contribution in [0, 0.1) is 11.7 Å². The summed E-state index contributed by atoms with van der Waals surface area (Å²) in [5.74, 6) is 0.868. The van der Waals surface area contributed by atoms with Crippen molar-refractivity contribution in [2.24, 2.45) is 5.92 Å². The van der Waals surface area contributed by atoms with Crippen LogP contribution in [-0.4, -0.2) is 28.6 Å². The van der Waals surface area contributed by atoms with E-state index < -0.39 is 0 Å². The number of hydrogen-bond donors (Lipinski definition) is 2. The maximum Gasteiger partial charge on any atom is 0.220 e. The lowest BCUT2D eigenvalue weighted by Crippen LogP contribution is -2.39. The lowest BCUT2D eigenvalue weighted by molar-refractivity contribution is -0.122. The minimum atomic E-state index is -0.308. The number of aryl methyl sites for hydroxylation is 1. The molecule has 2 aromatic rings. The van der Waals surface area contributed by atoms with Gasteiger partial charge in [0.15, 0.2) is 11.7 Å². The average molecular weight is 334 g/mol. The summed E-state index contributed by atoms with van der Waals surface area (Å²) < 4.78 is 18.5. The molecule has 130 valence electrons. The first-order valence-corrected chi connectivity index (χ1v) is 8.10. The first kappa shape index (κ1) is 18.1. The minimum absolute atomic E-state index is 0.0400. The fraction of sp³-hybridized carbons (Fsp3) is 0.444. The predicted molar refractivity (Wildman–Crippen MR) is 88.7 cm³/mol. The van der Waals surface area contributed by atoms with Gasteiger partial charge >= 0.3 is 0 Å². The van der Waals surface area contributed by atoms with E-state index in [1.807, 2.05) is 13.8 Å². The lowest BCUT2D eigenvalue weighted by atomic mass is 10.0. The van der Waals surface area contributed by atoms with Crippen molar-refractivity contribution in [2.45, 2.75) is 39.2 Å². The SMILES string of the molecule is CC(C)C(CCO)NC(=O)CCc1ncc(-c2ccc(F)cc2)o1. The molecule has 2 rings (SSSR count). The van der Waals surface area contributed by atoms with Crippen molar-refractivity contribution < 1.29 is 18.7 Å². The fourth-order valence-corrected chi connectivity index (χ4v) is 2.38. The first-order valence-electron chi connectivity index (χ1n) is 8.10. The zero-order chi connectivity index (χ0) is 17.5. The number of halogens is 1. The number of amides is 1. The molecule has 0 radical (unpaired) electrons. The number of nitrogens with zero attached hydrogens (tertiary/aromatic N) is 1. The van der Waals surface area contributed by atoms with Gasteiger partial charge in [-0.05, 0) is 36.6 Å². The zero-order valence-electron chi connectivity index (χ0n) is 14.0. The van der Waals surface area contributed by atoms with Gasteiger partial charge in [-0.15, -0.1) is 0 Å². The highest BCUT2D eigenvalue weighted by molar-refractivity contribution is 5.76. The number of aromatic nitrogens is 1. The van der Waals surface area contributed by atoms with Gasteiger partial charge in [-0.2, -0.15) is 0 Å². The summed E-state index contributed by atoms with van der Waals surface area (Å²) in [4.78, 5) is 16.2. The number of hydrogen-bond acceptors (Lipinski definition) is 4. The number of aliphatic hydroxyl groups is 1. The Labute approximate surface area is 140 Å². The van der Waals surface area contributed by atoms with Crippen LogP contribution < -0.4 is 5.32 Å². The molecule has 1 amide bonds. The summed E-state index contributed by atoms with van der Waals surface area (Å²) in [6, 6.07) is 5.92. The van der Waals surface area contributed by atoms with E-state index in [0.717, 1.165) is 5.56 Å². The second-order valence-corrected chi connectivity index (χ2v) is 6.06. The summed E-state index contributed by atoms with van der Waals surface area (Å²) in [5, 5.41) is 12.0. The molecule has 0 saturated carbocycles. The van der Waals surface area contributed by atoms with Crippen LogP contribution in [0.3, 0.4) is 0 Å².